The van der Waals surface area contributed by atoms with Crippen LogP contribution in [0.1, 0.15) is 15.9 Å². The van der Waals surface area contributed by atoms with Gasteiger partial charge in [0.1, 0.15) is 5.82 Å². The van der Waals surface area contributed by atoms with E-state index in [1.54, 1.807) is 30.5 Å². The summed E-state index contributed by atoms with van der Waals surface area (Å²) in [7, 11) is 1.36. The average Bonchev–Trinajstić information content (AvgIpc) is 2.68. The molecule has 0 aliphatic rings. The van der Waals surface area contributed by atoms with E-state index in [-0.39, 0.29) is 5.97 Å². The average molecular weight is 383 g/mol. The Labute approximate surface area is 162 Å². The van der Waals surface area contributed by atoms with Crippen LogP contribution in [-0.4, -0.2) is 29.6 Å². The van der Waals surface area contributed by atoms with Gasteiger partial charge in [-0.1, -0.05) is 29.8 Å². The molecule has 7 heteroatoms. The zero-order chi connectivity index (χ0) is 19.1. The third kappa shape index (κ3) is 5.43. The van der Waals surface area contributed by atoms with E-state index in [4.69, 9.17) is 16.3 Å². The third-order valence-corrected chi connectivity index (χ3v) is 4.03. The molecule has 0 unspecified atom stereocenters. The summed E-state index contributed by atoms with van der Waals surface area (Å²) in [6, 6.07) is 16.5. The Morgan fingerprint density at radius 2 is 2.00 bits per heavy atom. The van der Waals surface area contributed by atoms with Crippen molar-refractivity contribution in [2.45, 2.75) is 6.42 Å². The Morgan fingerprint density at radius 3 is 2.81 bits per heavy atom. The Balaban J connectivity index is 1.61. The number of benzene rings is 2. The van der Waals surface area contributed by atoms with Gasteiger partial charge in [0.05, 0.1) is 12.7 Å². The number of methoxy groups -OCH3 is 1. The van der Waals surface area contributed by atoms with Crippen LogP contribution in [0.15, 0.2) is 60.8 Å². The summed E-state index contributed by atoms with van der Waals surface area (Å²) in [5.74, 6) is 0.758. The molecule has 0 saturated heterocycles. The van der Waals surface area contributed by atoms with Crippen molar-refractivity contribution in [2.24, 2.45) is 0 Å². The van der Waals surface area contributed by atoms with Crippen LogP contribution in [0, 0.1) is 0 Å². The van der Waals surface area contributed by atoms with Gasteiger partial charge in [0.15, 0.2) is 0 Å². The van der Waals surface area contributed by atoms with E-state index in [0.717, 1.165) is 22.7 Å². The van der Waals surface area contributed by atoms with Gasteiger partial charge in [0.2, 0.25) is 5.95 Å². The Bertz CT molecular complexity index is 933. The summed E-state index contributed by atoms with van der Waals surface area (Å²) in [6.07, 6.45) is 2.48. The molecule has 1 aromatic heterocycles. The first-order valence-electron chi connectivity index (χ1n) is 8.41. The van der Waals surface area contributed by atoms with Gasteiger partial charge >= 0.3 is 5.97 Å². The van der Waals surface area contributed by atoms with Crippen molar-refractivity contribution in [1.29, 1.82) is 0 Å². The van der Waals surface area contributed by atoms with Crippen molar-refractivity contribution in [2.75, 3.05) is 24.3 Å². The van der Waals surface area contributed by atoms with Gasteiger partial charge in [-0.15, -0.1) is 0 Å². The minimum Gasteiger partial charge on any atom is -0.465 e. The molecule has 0 fully saturated rings. The molecule has 0 bridgehead atoms. The third-order valence-electron chi connectivity index (χ3n) is 3.80. The fourth-order valence-electron chi connectivity index (χ4n) is 2.51. The molecule has 3 rings (SSSR count). The van der Waals surface area contributed by atoms with Crippen LogP contribution in [-0.2, 0) is 11.2 Å². The highest BCUT2D eigenvalue weighted by molar-refractivity contribution is 6.30. The molecule has 0 aliphatic heterocycles. The van der Waals surface area contributed by atoms with Gasteiger partial charge < -0.3 is 15.4 Å². The van der Waals surface area contributed by atoms with Crippen molar-refractivity contribution in [3.63, 3.8) is 0 Å². The predicted molar refractivity (Wildman–Crippen MR) is 107 cm³/mol. The maximum absolute atomic E-state index is 11.6. The summed E-state index contributed by atoms with van der Waals surface area (Å²) in [6.45, 7) is 0.682. The second-order valence-corrected chi connectivity index (χ2v) is 6.21. The number of halogens is 1. The Kier molecular flexibility index (Phi) is 6.22. The molecular weight excluding hydrogens is 364 g/mol. The number of nitrogens with zero attached hydrogens (tertiary/aromatic N) is 2. The molecule has 2 aromatic carbocycles. The van der Waals surface area contributed by atoms with Crippen LogP contribution in [0.4, 0.5) is 17.5 Å². The summed E-state index contributed by atoms with van der Waals surface area (Å²) in [4.78, 5) is 20.3. The molecule has 0 aliphatic carbocycles. The fourth-order valence-corrected chi connectivity index (χ4v) is 2.73. The standard InChI is InChI=1S/C20H19ClN4O2/c1-27-19(26)15-5-3-7-17(13-15)24-18-9-11-23-20(25-18)22-10-8-14-4-2-6-16(21)12-14/h2-7,9,11-13H,8,10H2,1H3,(H2,22,23,24,25). The highest BCUT2D eigenvalue weighted by atomic mass is 35.5. The monoisotopic (exact) mass is 382 g/mol. The van der Waals surface area contributed by atoms with Crippen LogP contribution in [0.25, 0.3) is 0 Å². The Morgan fingerprint density at radius 1 is 1.15 bits per heavy atom. The fraction of sp³-hybridized carbons (Fsp3) is 0.150. The first-order chi connectivity index (χ1) is 13.1. The highest BCUT2D eigenvalue weighted by Gasteiger charge is 2.06. The van der Waals surface area contributed by atoms with E-state index >= 15 is 0 Å². The number of carbonyl (C=O) groups excluding carboxylic acids is 1. The second-order valence-electron chi connectivity index (χ2n) is 5.77. The molecule has 27 heavy (non-hydrogen) atoms. The van der Waals surface area contributed by atoms with E-state index in [9.17, 15) is 4.79 Å². The van der Waals surface area contributed by atoms with Crippen molar-refractivity contribution in [1.82, 2.24) is 9.97 Å². The number of hydrogen-bond donors (Lipinski definition) is 2. The SMILES string of the molecule is COC(=O)c1cccc(Nc2ccnc(NCCc3cccc(Cl)c3)n2)c1. The molecule has 0 spiro atoms. The van der Waals surface area contributed by atoms with Crippen molar-refractivity contribution >= 4 is 35.0 Å². The molecule has 138 valence electrons. The molecular formula is C20H19ClN4O2. The number of hydrogen-bond acceptors (Lipinski definition) is 6. The maximum Gasteiger partial charge on any atom is 0.337 e. The number of anilines is 3. The minimum atomic E-state index is -0.385. The molecule has 1 heterocycles. The van der Waals surface area contributed by atoms with Crippen LogP contribution in [0.5, 0.6) is 0 Å². The van der Waals surface area contributed by atoms with E-state index in [0.29, 0.717) is 23.9 Å². The largest absolute Gasteiger partial charge is 0.465 e. The van der Waals surface area contributed by atoms with Crippen molar-refractivity contribution in [3.05, 3.63) is 76.9 Å². The summed E-state index contributed by atoms with van der Waals surface area (Å²) >= 11 is 6.00. The topological polar surface area (TPSA) is 76.1 Å². The van der Waals surface area contributed by atoms with Gasteiger partial charge in [-0.3, -0.25) is 0 Å². The first-order valence-corrected chi connectivity index (χ1v) is 8.78. The summed E-state index contributed by atoms with van der Waals surface area (Å²) in [5.41, 5.74) is 2.35. The van der Waals surface area contributed by atoms with Gasteiger partial charge in [0.25, 0.3) is 0 Å². The smallest absolute Gasteiger partial charge is 0.337 e. The lowest BCUT2D eigenvalue weighted by Gasteiger charge is -2.09. The van der Waals surface area contributed by atoms with Crippen LogP contribution in [0.2, 0.25) is 5.02 Å². The lowest BCUT2D eigenvalue weighted by atomic mass is 10.1. The lowest BCUT2D eigenvalue weighted by molar-refractivity contribution is 0.0601. The van der Waals surface area contributed by atoms with Gasteiger partial charge in [-0.2, -0.15) is 4.98 Å². The number of rotatable bonds is 7. The second kappa shape index (κ2) is 9.00. The number of carbonyl (C=O) groups is 1. The zero-order valence-corrected chi connectivity index (χ0v) is 15.5. The summed E-state index contributed by atoms with van der Waals surface area (Å²) in [5, 5.41) is 7.09. The van der Waals surface area contributed by atoms with Crippen LogP contribution < -0.4 is 10.6 Å². The van der Waals surface area contributed by atoms with E-state index < -0.39 is 0 Å². The number of esters is 1. The highest BCUT2D eigenvalue weighted by Crippen LogP contribution is 2.17. The van der Waals surface area contributed by atoms with Gasteiger partial charge in [-0.05, 0) is 48.4 Å². The van der Waals surface area contributed by atoms with E-state index in [1.807, 2.05) is 30.3 Å². The maximum atomic E-state index is 11.6. The van der Waals surface area contributed by atoms with Gasteiger partial charge in [0, 0.05) is 23.5 Å². The predicted octanol–water partition coefficient (Wildman–Crippen LogP) is 4.31. The van der Waals surface area contributed by atoms with E-state index in [1.165, 1.54) is 7.11 Å². The minimum absolute atomic E-state index is 0.385. The molecule has 0 atom stereocenters. The number of nitrogens with one attached hydrogen (secondary N) is 2. The quantitative estimate of drug-likeness (QED) is 0.593. The molecule has 2 N–H and O–H groups in total. The first kappa shape index (κ1) is 18.7. The van der Waals surface area contributed by atoms with E-state index in [2.05, 4.69) is 20.6 Å². The molecule has 0 radical (unpaired) electrons. The molecule has 6 nitrogen and oxygen atoms in total. The van der Waals surface area contributed by atoms with Crippen LogP contribution in [0.3, 0.4) is 0 Å². The molecule has 0 amide bonds. The zero-order valence-electron chi connectivity index (χ0n) is 14.8. The van der Waals surface area contributed by atoms with Crippen molar-refractivity contribution in [3.8, 4) is 0 Å². The lowest BCUT2D eigenvalue weighted by Crippen LogP contribution is -2.08. The van der Waals surface area contributed by atoms with Crippen molar-refractivity contribution < 1.29 is 9.53 Å². The number of ether oxygens (including phenoxy) is 1. The number of aromatic nitrogens is 2. The molecule has 0 saturated carbocycles. The molecule has 3 aromatic rings. The summed E-state index contributed by atoms with van der Waals surface area (Å²) < 4.78 is 4.74. The normalized spacial score (nSPS) is 10.3. The Hall–Kier alpha value is -3.12. The van der Waals surface area contributed by atoms with Crippen LogP contribution >= 0.6 is 11.6 Å². The van der Waals surface area contributed by atoms with Gasteiger partial charge in [-0.25, -0.2) is 9.78 Å².